The number of benzene rings is 1. The van der Waals surface area contributed by atoms with Gasteiger partial charge >= 0.3 is 5.69 Å². The van der Waals surface area contributed by atoms with E-state index in [1.807, 2.05) is 0 Å². The fraction of sp³-hybridized carbons (Fsp3) is 0.188. The summed E-state index contributed by atoms with van der Waals surface area (Å²) < 4.78 is 18.6. The van der Waals surface area contributed by atoms with Gasteiger partial charge in [-0.15, -0.1) is 0 Å². The lowest BCUT2D eigenvalue weighted by Crippen LogP contribution is -2.31. The van der Waals surface area contributed by atoms with Gasteiger partial charge in [-0.25, -0.2) is 14.4 Å². The second kappa shape index (κ2) is 6.06. The highest BCUT2D eigenvalue weighted by Gasteiger charge is 2.31. The minimum absolute atomic E-state index is 0.152. The highest BCUT2D eigenvalue weighted by atomic mass is 19.1. The summed E-state index contributed by atoms with van der Waals surface area (Å²) in [7, 11) is 0. The molecule has 0 atom stereocenters. The largest absolute Gasteiger partial charge is 0.378 e. The van der Waals surface area contributed by atoms with E-state index in [0.717, 1.165) is 11.3 Å². The van der Waals surface area contributed by atoms with Crippen LogP contribution in [0.25, 0.3) is 11.3 Å². The number of nitrogens with two attached hydrogens (primary N) is 1. The van der Waals surface area contributed by atoms with Crippen LogP contribution in [0, 0.1) is 15.9 Å². The zero-order valence-electron chi connectivity index (χ0n) is 13.4. The Balaban J connectivity index is 1.73. The first-order valence-corrected chi connectivity index (χ1v) is 7.77. The average Bonchev–Trinajstić information content (AvgIpc) is 3.05. The molecule has 0 radical (unpaired) electrons. The first kappa shape index (κ1) is 15.9. The van der Waals surface area contributed by atoms with Crippen molar-refractivity contribution in [2.45, 2.75) is 13.0 Å². The van der Waals surface area contributed by atoms with E-state index in [0.29, 0.717) is 30.8 Å². The zero-order chi connectivity index (χ0) is 18.3. The quantitative estimate of drug-likeness (QED) is 0.560. The minimum Gasteiger partial charge on any atom is -0.378 e. The molecule has 1 aliphatic rings. The molecule has 0 amide bonds. The number of halogens is 1. The van der Waals surface area contributed by atoms with Crippen LogP contribution in [0.2, 0.25) is 0 Å². The van der Waals surface area contributed by atoms with Crippen LogP contribution in [0.5, 0.6) is 0 Å². The molecule has 1 aliphatic heterocycles. The Kier molecular flexibility index (Phi) is 3.72. The van der Waals surface area contributed by atoms with E-state index >= 15 is 0 Å². The van der Waals surface area contributed by atoms with Gasteiger partial charge in [-0.05, 0) is 24.3 Å². The first-order valence-electron chi connectivity index (χ1n) is 7.77. The molecule has 0 bridgehead atoms. The second-order valence-electron chi connectivity index (χ2n) is 5.80. The summed E-state index contributed by atoms with van der Waals surface area (Å²) in [6.45, 7) is 0.780. The van der Waals surface area contributed by atoms with E-state index in [1.54, 1.807) is 17.0 Å². The maximum atomic E-state index is 13.2. The monoisotopic (exact) mass is 356 g/mol. The van der Waals surface area contributed by atoms with E-state index < -0.39 is 4.92 Å². The molecule has 3 heterocycles. The van der Waals surface area contributed by atoms with E-state index in [4.69, 9.17) is 10.3 Å². The molecule has 0 spiro atoms. The Morgan fingerprint density at radius 1 is 1.27 bits per heavy atom. The van der Waals surface area contributed by atoms with Gasteiger partial charge in [0.2, 0.25) is 11.6 Å². The van der Waals surface area contributed by atoms with Crippen LogP contribution in [-0.2, 0) is 13.0 Å². The highest BCUT2D eigenvalue weighted by molar-refractivity contribution is 5.70. The highest BCUT2D eigenvalue weighted by Crippen LogP contribution is 2.36. The number of anilines is 2. The molecule has 132 valence electrons. The average molecular weight is 356 g/mol. The summed E-state index contributed by atoms with van der Waals surface area (Å²) in [4.78, 5) is 20.2. The lowest BCUT2D eigenvalue weighted by atomic mass is 10.0. The number of nitrogen functional groups attached to an aromatic ring is 1. The lowest BCUT2D eigenvalue weighted by molar-refractivity contribution is -0.383. The predicted molar refractivity (Wildman–Crippen MR) is 89.7 cm³/mol. The number of rotatable bonds is 3. The van der Waals surface area contributed by atoms with E-state index in [9.17, 15) is 14.5 Å². The molecular formula is C16H13FN6O3. The van der Waals surface area contributed by atoms with Crippen LogP contribution in [0.4, 0.5) is 21.7 Å². The Labute approximate surface area is 146 Å². The Morgan fingerprint density at radius 2 is 2.04 bits per heavy atom. The van der Waals surface area contributed by atoms with Crippen LogP contribution in [0.3, 0.4) is 0 Å². The topological polar surface area (TPSA) is 124 Å². The Morgan fingerprint density at radius 3 is 2.77 bits per heavy atom. The number of nitrogens with zero attached hydrogens (tertiary/aromatic N) is 5. The van der Waals surface area contributed by atoms with Crippen LogP contribution < -0.4 is 10.6 Å². The summed E-state index contributed by atoms with van der Waals surface area (Å²) in [5, 5.41) is 15.4. The molecule has 3 aromatic rings. The van der Waals surface area contributed by atoms with E-state index in [-0.39, 0.29) is 23.1 Å². The molecule has 2 N–H and O–H groups in total. The van der Waals surface area contributed by atoms with Crippen molar-refractivity contribution in [3.63, 3.8) is 0 Å². The van der Waals surface area contributed by atoms with Crippen LogP contribution in [-0.4, -0.2) is 26.6 Å². The number of aromatic nitrogens is 3. The van der Waals surface area contributed by atoms with E-state index in [2.05, 4.69) is 15.1 Å². The third-order valence-corrected chi connectivity index (χ3v) is 4.26. The maximum absolute atomic E-state index is 13.2. The van der Waals surface area contributed by atoms with Gasteiger partial charge in [0.05, 0.1) is 17.2 Å². The van der Waals surface area contributed by atoms with Crippen molar-refractivity contribution < 1.29 is 13.8 Å². The van der Waals surface area contributed by atoms with Gasteiger partial charge in [-0.2, -0.15) is 0 Å². The summed E-state index contributed by atoms with van der Waals surface area (Å²) in [6.07, 6.45) is 1.72. The summed E-state index contributed by atoms with van der Waals surface area (Å²) in [5.41, 5.74) is 7.56. The second-order valence-corrected chi connectivity index (χ2v) is 5.80. The van der Waals surface area contributed by atoms with Gasteiger partial charge < -0.3 is 15.2 Å². The summed E-state index contributed by atoms with van der Waals surface area (Å²) in [5.74, 6) is 0.125. The molecule has 4 rings (SSSR count). The molecule has 2 aromatic heterocycles. The SMILES string of the molecule is Nc1ncnc(N2CCc3noc(-c4ccc(F)cc4)c3C2)c1[N+](=O)[O-]. The number of nitro groups is 1. The van der Waals surface area contributed by atoms with Crippen molar-refractivity contribution in [3.8, 4) is 11.3 Å². The number of fused-ring (bicyclic) bond motifs is 1. The van der Waals surface area contributed by atoms with Gasteiger partial charge in [0.15, 0.2) is 5.76 Å². The number of hydrogen-bond acceptors (Lipinski definition) is 8. The zero-order valence-corrected chi connectivity index (χ0v) is 13.4. The minimum atomic E-state index is -0.589. The molecule has 9 nitrogen and oxygen atoms in total. The Hall–Kier alpha value is -3.56. The van der Waals surface area contributed by atoms with Crippen molar-refractivity contribution in [2.24, 2.45) is 0 Å². The summed E-state index contributed by atoms with van der Waals surface area (Å²) >= 11 is 0. The third-order valence-electron chi connectivity index (χ3n) is 4.26. The normalized spacial score (nSPS) is 13.5. The molecule has 10 heteroatoms. The van der Waals surface area contributed by atoms with E-state index in [1.165, 1.54) is 18.5 Å². The lowest BCUT2D eigenvalue weighted by Gasteiger charge is -2.26. The fourth-order valence-electron chi connectivity index (χ4n) is 3.01. The van der Waals surface area contributed by atoms with Gasteiger partial charge in [-0.3, -0.25) is 10.1 Å². The van der Waals surface area contributed by atoms with Crippen LogP contribution in [0.1, 0.15) is 11.3 Å². The van der Waals surface area contributed by atoms with Crippen LogP contribution in [0.15, 0.2) is 35.1 Å². The van der Waals surface area contributed by atoms with Crippen molar-refractivity contribution in [2.75, 3.05) is 17.2 Å². The molecule has 1 aromatic carbocycles. The molecular weight excluding hydrogens is 343 g/mol. The first-order chi connectivity index (χ1) is 12.5. The van der Waals surface area contributed by atoms with Crippen molar-refractivity contribution in [1.82, 2.24) is 15.1 Å². The molecule has 0 fully saturated rings. The molecule has 0 saturated heterocycles. The molecule has 0 unspecified atom stereocenters. The molecule has 0 aliphatic carbocycles. The summed E-state index contributed by atoms with van der Waals surface area (Å²) in [6, 6.07) is 5.86. The van der Waals surface area contributed by atoms with Crippen molar-refractivity contribution in [3.05, 3.63) is 57.8 Å². The van der Waals surface area contributed by atoms with Gasteiger partial charge in [0, 0.05) is 24.1 Å². The van der Waals surface area contributed by atoms with Crippen molar-refractivity contribution >= 4 is 17.3 Å². The smallest absolute Gasteiger partial charge is 0.353 e. The standard InChI is InChI=1S/C16H13FN6O3/c17-10-3-1-9(2-4-10)14-11-7-22(6-5-12(11)21-26-14)16-13(23(24)25)15(18)19-8-20-16/h1-4,8H,5-7H2,(H2,18,19,20). The molecule has 0 saturated carbocycles. The number of hydrogen-bond donors (Lipinski definition) is 1. The van der Waals surface area contributed by atoms with Crippen molar-refractivity contribution in [1.29, 1.82) is 0 Å². The third kappa shape index (κ3) is 2.61. The van der Waals surface area contributed by atoms with Gasteiger partial charge in [-0.1, -0.05) is 5.16 Å². The maximum Gasteiger partial charge on any atom is 0.353 e. The van der Waals surface area contributed by atoms with Crippen LogP contribution >= 0.6 is 0 Å². The Bertz CT molecular complexity index is 988. The fourth-order valence-corrected chi connectivity index (χ4v) is 3.01. The van der Waals surface area contributed by atoms with Gasteiger partial charge in [0.1, 0.15) is 12.1 Å². The van der Waals surface area contributed by atoms with Gasteiger partial charge in [0.25, 0.3) is 0 Å². The predicted octanol–water partition coefficient (Wildman–Crippen LogP) is 2.32. The molecule has 26 heavy (non-hydrogen) atoms.